The molecule has 0 saturated heterocycles. The molecule has 4 nitrogen and oxygen atoms in total. The maximum Gasteiger partial charge on any atom is 0.162 e. The predicted molar refractivity (Wildman–Crippen MR) is 78.2 cm³/mol. The molecule has 2 aromatic carbocycles. The Balaban J connectivity index is 2.19. The monoisotopic (exact) mass is 291 g/mol. The second-order valence-corrected chi connectivity index (χ2v) is 4.44. The van der Waals surface area contributed by atoms with E-state index in [-0.39, 0.29) is 0 Å². The van der Waals surface area contributed by atoms with E-state index in [1.165, 1.54) is 6.21 Å². The second-order valence-electron chi connectivity index (χ2n) is 4.03. The van der Waals surface area contributed by atoms with Crippen molar-refractivity contribution in [3.05, 3.63) is 58.6 Å². The molecule has 0 aromatic heterocycles. The topological polar surface area (TPSA) is 51.0 Å². The van der Waals surface area contributed by atoms with E-state index in [1.807, 2.05) is 24.3 Å². The van der Waals surface area contributed by atoms with Gasteiger partial charge in [0.1, 0.15) is 6.61 Å². The maximum absolute atomic E-state index is 8.56. The van der Waals surface area contributed by atoms with E-state index in [4.69, 9.17) is 26.3 Å². The Morgan fingerprint density at radius 2 is 2.00 bits per heavy atom. The summed E-state index contributed by atoms with van der Waals surface area (Å²) in [7, 11) is 1.57. The summed E-state index contributed by atoms with van der Waals surface area (Å²) in [5.41, 5.74) is 1.60. The van der Waals surface area contributed by atoms with Crippen molar-refractivity contribution in [1.82, 2.24) is 0 Å². The fraction of sp³-hybridized carbons (Fsp3) is 0.133. The first-order valence-electron chi connectivity index (χ1n) is 5.96. The molecule has 0 radical (unpaired) electrons. The van der Waals surface area contributed by atoms with Crippen molar-refractivity contribution in [2.45, 2.75) is 6.61 Å². The van der Waals surface area contributed by atoms with Crippen LogP contribution in [0.3, 0.4) is 0 Å². The van der Waals surface area contributed by atoms with E-state index in [1.54, 1.807) is 25.3 Å². The third-order valence-corrected chi connectivity index (χ3v) is 3.10. The summed E-state index contributed by atoms with van der Waals surface area (Å²) in [6.07, 6.45) is 1.32. The van der Waals surface area contributed by atoms with Crippen molar-refractivity contribution in [3.63, 3.8) is 0 Å². The van der Waals surface area contributed by atoms with E-state index in [2.05, 4.69) is 5.16 Å². The number of nitrogens with zero attached hydrogens (tertiary/aromatic N) is 1. The van der Waals surface area contributed by atoms with Gasteiger partial charge in [0.05, 0.1) is 13.3 Å². The predicted octanol–water partition coefficient (Wildman–Crippen LogP) is 3.74. The fourth-order valence-electron chi connectivity index (χ4n) is 1.72. The molecule has 2 aromatic rings. The molecular weight excluding hydrogens is 278 g/mol. The summed E-state index contributed by atoms with van der Waals surface area (Å²) in [6, 6.07) is 12.7. The quantitative estimate of drug-likeness (QED) is 0.519. The van der Waals surface area contributed by atoms with Crippen molar-refractivity contribution in [2.75, 3.05) is 7.11 Å². The summed E-state index contributed by atoms with van der Waals surface area (Å²) in [5.74, 6) is 1.16. The lowest BCUT2D eigenvalue weighted by Crippen LogP contribution is -1.99. The van der Waals surface area contributed by atoms with E-state index in [9.17, 15) is 0 Å². The molecule has 0 bridgehead atoms. The summed E-state index contributed by atoms with van der Waals surface area (Å²) in [4.78, 5) is 0. The minimum absolute atomic E-state index is 0.329. The molecule has 1 N–H and O–H groups in total. The average Bonchev–Trinajstić information content (AvgIpc) is 2.47. The van der Waals surface area contributed by atoms with Gasteiger partial charge in [0, 0.05) is 16.1 Å². The largest absolute Gasteiger partial charge is 0.493 e. The Bertz CT molecular complexity index is 614. The third kappa shape index (κ3) is 3.42. The maximum atomic E-state index is 8.56. The number of oxime groups is 1. The van der Waals surface area contributed by atoms with E-state index in [0.717, 1.165) is 5.56 Å². The molecule has 0 aliphatic rings. The van der Waals surface area contributed by atoms with Crippen molar-refractivity contribution in [3.8, 4) is 11.5 Å². The first kappa shape index (κ1) is 14.2. The SMILES string of the molecule is COc1ccc(/C=N\O)cc1OCc1ccccc1Cl. The van der Waals surface area contributed by atoms with E-state index in [0.29, 0.717) is 28.7 Å². The van der Waals surface area contributed by atoms with Gasteiger partial charge in [0.15, 0.2) is 11.5 Å². The smallest absolute Gasteiger partial charge is 0.162 e. The zero-order valence-electron chi connectivity index (χ0n) is 10.9. The lowest BCUT2D eigenvalue weighted by atomic mass is 10.2. The highest BCUT2D eigenvalue weighted by Gasteiger charge is 2.07. The van der Waals surface area contributed by atoms with Gasteiger partial charge in [-0.15, -0.1) is 0 Å². The minimum atomic E-state index is 0.329. The molecule has 20 heavy (non-hydrogen) atoms. The number of hydrogen-bond acceptors (Lipinski definition) is 4. The Labute approximate surface area is 122 Å². The molecule has 0 unspecified atom stereocenters. The van der Waals surface area contributed by atoms with Crippen LogP contribution in [-0.2, 0) is 6.61 Å². The molecule has 104 valence electrons. The van der Waals surface area contributed by atoms with E-state index < -0.39 is 0 Å². The van der Waals surface area contributed by atoms with Crippen LogP contribution in [0.1, 0.15) is 11.1 Å². The highest BCUT2D eigenvalue weighted by molar-refractivity contribution is 6.31. The number of methoxy groups -OCH3 is 1. The highest BCUT2D eigenvalue weighted by Crippen LogP contribution is 2.29. The van der Waals surface area contributed by atoms with Gasteiger partial charge in [-0.05, 0) is 24.3 Å². The summed E-state index contributed by atoms with van der Waals surface area (Å²) < 4.78 is 11.0. The number of hydrogen-bond donors (Lipinski definition) is 1. The third-order valence-electron chi connectivity index (χ3n) is 2.74. The molecule has 2 rings (SSSR count). The van der Waals surface area contributed by atoms with Crippen LogP contribution in [0, 0.1) is 0 Å². The normalized spacial score (nSPS) is 10.7. The Hall–Kier alpha value is -2.20. The lowest BCUT2D eigenvalue weighted by Gasteiger charge is -2.12. The Morgan fingerprint density at radius 1 is 1.20 bits per heavy atom. The van der Waals surface area contributed by atoms with Gasteiger partial charge >= 0.3 is 0 Å². The highest BCUT2D eigenvalue weighted by atomic mass is 35.5. The van der Waals surface area contributed by atoms with Crippen molar-refractivity contribution in [2.24, 2.45) is 5.16 Å². The zero-order chi connectivity index (χ0) is 14.4. The van der Waals surface area contributed by atoms with Gasteiger partial charge in [0.25, 0.3) is 0 Å². The molecule has 0 aliphatic carbocycles. The Kier molecular flexibility index (Phi) is 4.85. The van der Waals surface area contributed by atoms with Gasteiger partial charge in [-0.3, -0.25) is 0 Å². The van der Waals surface area contributed by atoms with Crippen LogP contribution < -0.4 is 9.47 Å². The van der Waals surface area contributed by atoms with Gasteiger partial charge < -0.3 is 14.7 Å². The summed E-state index contributed by atoms with van der Waals surface area (Å²) in [5, 5.41) is 12.2. The molecule has 0 atom stereocenters. The number of benzene rings is 2. The first-order chi connectivity index (χ1) is 9.74. The zero-order valence-corrected chi connectivity index (χ0v) is 11.7. The lowest BCUT2D eigenvalue weighted by molar-refractivity contribution is 0.284. The molecule has 0 fully saturated rings. The van der Waals surface area contributed by atoms with Crippen LogP contribution in [0.5, 0.6) is 11.5 Å². The first-order valence-corrected chi connectivity index (χ1v) is 6.34. The number of halogens is 1. The van der Waals surface area contributed by atoms with Crippen LogP contribution in [0.15, 0.2) is 47.6 Å². The minimum Gasteiger partial charge on any atom is -0.493 e. The second kappa shape index (κ2) is 6.82. The molecule has 0 saturated carbocycles. The van der Waals surface area contributed by atoms with E-state index >= 15 is 0 Å². The van der Waals surface area contributed by atoms with Crippen LogP contribution in [0.2, 0.25) is 5.02 Å². The standard InChI is InChI=1S/C15H14ClNO3/c1-19-14-7-6-11(9-17-18)8-15(14)20-10-12-4-2-3-5-13(12)16/h2-9,18H,10H2,1H3/b17-9-. The van der Waals surface area contributed by atoms with Gasteiger partial charge in [-0.25, -0.2) is 0 Å². The summed E-state index contributed by atoms with van der Waals surface area (Å²) in [6.45, 7) is 0.329. The molecule has 5 heteroatoms. The molecular formula is C15H14ClNO3. The Morgan fingerprint density at radius 3 is 2.70 bits per heavy atom. The fourth-order valence-corrected chi connectivity index (χ4v) is 1.91. The summed E-state index contributed by atoms with van der Waals surface area (Å²) >= 11 is 6.08. The average molecular weight is 292 g/mol. The van der Waals surface area contributed by atoms with Crippen LogP contribution in [0.4, 0.5) is 0 Å². The van der Waals surface area contributed by atoms with Crippen molar-refractivity contribution < 1.29 is 14.7 Å². The van der Waals surface area contributed by atoms with Gasteiger partial charge in [-0.1, -0.05) is 35.0 Å². The van der Waals surface area contributed by atoms with Crippen molar-refractivity contribution >= 4 is 17.8 Å². The van der Waals surface area contributed by atoms with Gasteiger partial charge in [0.2, 0.25) is 0 Å². The van der Waals surface area contributed by atoms with Crippen LogP contribution >= 0.6 is 11.6 Å². The number of ether oxygens (including phenoxy) is 2. The molecule has 0 heterocycles. The molecule has 0 amide bonds. The molecule has 0 spiro atoms. The van der Waals surface area contributed by atoms with Crippen LogP contribution in [-0.4, -0.2) is 18.5 Å². The molecule has 0 aliphatic heterocycles. The van der Waals surface area contributed by atoms with Crippen molar-refractivity contribution in [1.29, 1.82) is 0 Å². The van der Waals surface area contributed by atoms with Crippen LogP contribution in [0.25, 0.3) is 0 Å². The van der Waals surface area contributed by atoms with Gasteiger partial charge in [-0.2, -0.15) is 0 Å². The number of rotatable bonds is 5.